The zero-order valence-corrected chi connectivity index (χ0v) is 34.4. The molecule has 5 aliphatic carbocycles. The highest BCUT2D eigenvalue weighted by Gasteiger charge is 2.86. The Morgan fingerprint density at radius 1 is 0.983 bits per heavy atom. The highest BCUT2D eigenvalue weighted by atomic mass is 16.6. The molecule has 15 heteroatoms. The van der Waals surface area contributed by atoms with Crippen molar-refractivity contribution in [1.82, 2.24) is 5.32 Å². The molecule has 11 atom stereocenters. The van der Waals surface area contributed by atoms with Crippen molar-refractivity contribution >= 4 is 29.8 Å². The summed E-state index contributed by atoms with van der Waals surface area (Å²) in [5.74, 6) is -5.43. The first-order valence-corrected chi connectivity index (χ1v) is 19.5. The second kappa shape index (κ2) is 15.3. The van der Waals surface area contributed by atoms with E-state index in [1.807, 2.05) is 0 Å². The van der Waals surface area contributed by atoms with Crippen molar-refractivity contribution in [2.24, 2.45) is 16.7 Å². The quantitative estimate of drug-likeness (QED) is 0.132. The zero-order chi connectivity index (χ0) is 43.5. The molecule has 3 saturated carbocycles. The molecule has 5 N–H and O–H groups in total. The number of allylic oxidation sites excluding steroid dienone is 1. The number of carbonyl (C=O) groups is 5. The molecule has 4 bridgehead atoms. The molecule has 0 aromatic heterocycles. The fourth-order valence-corrected chi connectivity index (χ4v) is 10.2. The maximum Gasteiger partial charge on any atom is 0.408 e. The first-order valence-electron chi connectivity index (χ1n) is 19.5. The lowest BCUT2D eigenvalue weighted by Crippen LogP contribution is -2.88. The van der Waals surface area contributed by atoms with Gasteiger partial charge in [-0.05, 0) is 63.5 Å². The first kappa shape index (κ1) is 43.6. The molecule has 318 valence electrons. The number of methoxy groups -OCH3 is 1. The van der Waals surface area contributed by atoms with Gasteiger partial charge in [-0.2, -0.15) is 0 Å². The molecule has 7 rings (SSSR count). The van der Waals surface area contributed by atoms with Crippen LogP contribution in [0, 0.1) is 16.7 Å². The van der Waals surface area contributed by atoms with E-state index in [1.54, 1.807) is 83.1 Å². The van der Waals surface area contributed by atoms with E-state index < -0.39 is 112 Å². The van der Waals surface area contributed by atoms with Gasteiger partial charge in [0.1, 0.15) is 29.5 Å². The van der Waals surface area contributed by atoms with Gasteiger partial charge in [-0.15, -0.1) is 0 Å². The summed E-state index contributed by atoms with van der Waals surface area (Å²) in [6, 6.07) is 14.6. The lowest BCUT2D eigenvalue weighted by molar-refractivity contribution is -0.361. The Hall–Kier alpha value is -4.93. The van der Waals surface area contributed by atoms with E-state index in [1.165, 1.54) is 38.3 Å². The number of rotatable bonds is 10. The van der Waals surface area contributed by atoms with Crippen molar-refractivity contribution in [3.05, 3.63) is 95.1 Å². The number of benzene rings is 2. The number of aliphatic hydroxyl groups excluding tert-OH is 3. The van der Waals surface area contributed by atoms with Crippen LogP contribution in [0.4, 0.5) is 4.79 Å². The molecule has 15 nitrogen and oxygen atoms in total. The third-order valence-corrected chi connectivity index (χ3v) is 12.7. The van der Waals surface area contributed by atoms with Gasteiger partial charge in [-0.1, -0.05) is 67.6 Å². The van der Waals surface area contributed by atoms with E-state index in [2.05, 4.69) is 5.32 Å². The van der Waals surface area contributed by atoms with Crippen LogP contribution in [0.3, 0.4) is 0 Å². The van der Waals surface area contributed by atoms with Crippen molar-refractivity contribution in [2.75, 3.05) is 13.7 Å². The number of ether oxygens (including phenoxy) is 5. The van der Waals surface area contributed by atoms with E-state index in [0.717, 1.165) is 6.92 Å². The molecule has 5 aliphatic rings. The molecule has 2 aromatic carbocycles. The van der Waals surface area contributed by atoms with Gasteiger partial charge in [-0.25, -0.2) is 14.4 Å². The number of nitrogens with one attached hydrogen (secondary N) is 1. The number of Topliss-reactive ketones (excluding diaryl/α,β-unsaturated/α-hetero) is 1. The van der Waals surface area contributed by atoms with E-state index in [9.17, 15) is 39.6 Å². The summed E-state index contributed by atoms with van der Waals surface area (Å²) in [5, 5.41) is 50.6. The maximum absolute atomic E-state index is 15.2. The van der Waals surface area contributed by atoms with E-state index in [0.29, 0.717) is 11.1 Å². The number of aliphatic hydroxyl groups is 4. The molecule has 0 saturated heterocycles. The van der Waals surface area contributed by atoms with Gasteiger partial charge in [0.2, 0.25) is 0 Å². The van der Waals surface area contributed by atoms with Crippen LogP contribution in [0.1, 0.15) is 83.3 Å². The van der Waals surface area contributed by atoms with Crippen molar-refractivity contribution in [1.29, 1.82) is 0 Å². The number of ketones is 1. The minimum Gasteiger partial charge on any atom is -0.456 e. The van der Waals surface area contributed by atoms with Crippen molar-refractivity contribution in [2.45, 2.75) is 114 Å². The molecule has 59 heavy (non-hydrogen) atoms. The van der Waals surface area contributed by atoms with E-state index in [-0.39, 0.29) is 17.6 Å². The fraction of sp³-hybridized carbons (Fsp3) is 0.523. The predicted molar refractivity (Wildman–Crippen MR) is 208 cm³/mol. The van der Waals surface area contributed by atoms with Gasteiger partial charge < -0.3 is 49.4 Å². The van der Waals surface area contributed by atoms with Crippen LogP contribution < -0.4 is 5.32 Å². The summed E-state index contributed by atoms with van der Waals surface area (Å²) < 4.78 is 29.7. The number of amides is 1. The average molecular weight is 820 g/mol. The predicted octanol–water partition coefficient (Wildman–Crippen LogP) is 3.43. The Bertz CT molecular complexity index is 2060. The molecular weight excluding hydrogens is 766 g/mol. The average Bonchev–Trinajstić information content (AvgIpc) is 3.17. The highest BCUT2D eigenvalue weighted by molar-refractivity contribution is 5.96. The van der Waals surface area contributed by atoms with Gasteiger partial charge in [0, 0.05) is 32.3 Å². The SMILES string of the molecule is CO[C@H]1C(=O)[C@]2(C)C=C[C@@H](O)[C@](CO)(OC(C)=O)[C@H]2[C@]2(OC(=O)c3ccccc3)C[C@@]3(C)C1=C(C)[C@@H](OC(=O)[C@H](O)[C@@H](NC(=O)OC(C)(C)C)c1ccccc1)C[C@]32O. The van der Waals surface area contributed by atoms with E-state index in [4.69, 9.17) is 23.7 Å². The minimum atomic E-state index is -2.37. The van der Waals surface area contributed by atoms with Crippen LogP contribution in [-0.4, -0.2) is 111 Å². The number of hydrogen-bond acceptors (Lipinski definition) is 14. The third kappa shape index (κ3) is 6.86. The number of hydrogen-bond donors (Lipinski definition) is 5. The summed E-state index contributed by atoms with van der Waals surface area (Å²) in [6.07, 6.45) is -5.72. The lowest BCUT2D eigenvalue weighted by Gasteiger charge is -2.75. The lowest BCUT2D eigenvalue weighted by atomic mass is 9.33. The van der Waals surface area contributed by atoms with Crippen LogP contribution in [0.5, 0.6) is 0 Å². The minimum absolute atomic E-state index is 0.0659. The fourth-order valence-electron chi connectivity index (χ4n) is 10.2. The molecule has 3 fully saturated rings. The highest BCUT2D eigenvalue weighted by Crippen LogP contribution is 2.75. The number of carbonyl (C=O) groups excluding carboxylic acids is 5. The summed E-state index contributed by atoms with van der Waals surface area (Å²) >= 11 is 0. The molecule has 0 heterocycles. The Balaban J connectivity index is 1.52. The van der Waals surface area contributed by atoms with E-state index >= 15 is 4.79 Å². The van der Waals surface area contributed by atoms with Crippen molar-refractivity contribution in [3.63, 3.8) is 0 Å². The van der Waals surface area contributed by atoms with Crippen molar-refractivity contribution < 1.29 is 68.1 Å². The summed E-state index contributed by atoms with van der Waals surface area (Å²) in [6.45, 7) is 9.66. The Labute approximate surface area is 342 Å². The normalized spacial score (nSPS) is 34.5. The van der Waals surface area contributed by atoms with Gasteiger partial charge >= 0.3 is 24.0 Å². The van der Waals surface area contributed by atoms with Crippen LogP contribution in [-0.2, 0) is 38.1 Å². The van der Waals surface area contributed by atoms with Crippen LogP contribution in [0.2, 0.25) is 0 Å². The number of alkyl carbamates (subject to hydrolysis) is 1. The molecule has 0 spiro atoms. The largest absolute Gasteiger partial charge is 0.456 e. The standard InChI is InChI=1S/C44H53NO14/c1-24-28(56-36(52)32(49)31(26-15-11-9-12-16-26)45-38(53)59-39(3,4)5)21-44(54)41(7)22-43(44,58-35(51)27-17-13-10-14-18-27)37-40(6,34(50)33(55-8)30(24)41)20-19-29(48)42(37,23-46)57-25(2)47/h9-20,28-29,31-33,37,46,48-49,54H,21-23H2,1-8H3,(H,45,53)/t28-,29+,31-,32+,33+,37-,40-,41-,42-,43+,44-/m0/s1. The topological polar surface area (TPSA) is 224 Å². The van der Waals surface area contributed by atoms with Gasteiger partial charge in [0.15, 0.2) is 23.1 Å². The summed E-state index contributed by atoms with van der Waals surface area (Å²) in [5.41, 5.74) is -10.2. The molecule has 1 amide bonds. The summed E-state index contributed by atoms with van der Waals surface area (Å²) in [4.78, 5) is 69.5. The second-order valence-electron chi connectivity index (χ2n) is 17.4. The monoisotopic (exact) mass is 819 g/mol. The Morgan fingerprint density at radius 3 is 2.15 bits per heavy atom. The van der Waals surface area contributed by atoms with Gasteiger partial charge in [0.25, 0.3) is 0 Å². The number of fused-ring (bicyclic) bond motifs is 1. The second-order valence-corrected chi connectivity index (χ2v) is 17.4. The third-order valence-electron chi connectivity index (χ3n) is 12.7. The Morgan fingerprint density at radius 2 is 1.59 bits per heavy atom. The molecule has 0 unspecified atom stereocenters. The smallest absolute Gasteiger partial charge is 0.408 e. The molecule has 0 aliphatic heterocycles. The molecule has 0 radical (unpaired) electrons. The van der Waals surface area contributed by atoms with Crippen LogP contribution in [0.15, 0.2) is 84.0 Å². The Kier molecular flexibility index (Phi) is 11.3. The van der Waals surface area contributed by atoms with Crippen LogP contribution in [0.25, 0.3) is 0 Å². The van der Waals surface area contributed by atoms with Crippen LogP contribution >= 0.6 is 0 Å². The zero-order valence-electron chi connectivity index (χ0n) is 34.4. The van der Waals surface area contributed by atoms with Crippen molar-refractivity contribution in [3.8, 4) is 0 Å². The number of esters is 3. The maximum atomic E-state index is 15.2. The van der Waals surface area contributed by atoms with Gasteiger partial charge in [0.05, 0.1) is 29.5 Å². The summed E-state index contributed by atoms with van der Waals surface area (Å²) in [7, 11) is 1.28. The first-order chi connectivity index (χ1) is 27.6. The molecular formula is C44H53NO14. The molecule has 2 aromatic rings. The van der Waals surface area contributed by atoms with Gasteiger partial charge in [-0.3, -0.25) is 9.59 Å².